The van der Waals surface area contributed by atoms with Crippen LogP contribution >= 0.6 is 0 Å². The standard InChI is InChI=1S/C29H30N8O2/c1-17-11-18(5-8-24(17)38-19-6-7-22-20(12-19)33-16-36(22)3)34-28-26-21(31-15-32-28)13-30-29-27(26)39-25-9-10-35(2)14-23(25)37(29)4/h5-8,11-13,15-16,23,25H,9-10,14H2,1-4H3,(H,31,32,34)/t23-,25-/m1/s1. The van der Waals surface area contributed by atoms with Crippen molar-refractivity contribution in [2.24, 2.45) is 7.05 Å². The van der Waals surface area contributed by atoms with Crippen molar-refractivity contribution in [3.63, 3.8) is 0 Å². The molecule has 7 rings (SSSR count). The summed E-state index contributed by atoms with van der Waals surface area (Å²) < 4.78 is 14.8. The predicted molar refractivity (Wildman–Crippen MR) is 151 cm³/mol. The molecule has 0 saturated carbocycles. The molecular formula is C29H30N8O2. The van der Waals surface area contributed by atoms with Gasteiger partial charge in [-0.2, -0.15) is 0 Å². The summed E-state index contributed by atoms with van der Waals surface area (Å²) in [5.41, 5.74) is 4.60. The van der Waals surface area contributed by atoms with E-state index >= 15 is 0 Å². The van der Waals surface area contributed by atoms with E-state index in [4.69, 9.17) is 14.5 Å². The van der Waals surface area contributed by atoms with Gasteiger partial charge < -0.3 is 29.2 Å². The van der Waals surface area contributed by atoms with Gasteiger partial charge in [-0.15, -0.1) is 0 Å². The number of nitrogens with zero attached hydrogens (tertiary/aromatic N) is 7. The lowest BCUT2D eigenvalue weighted by Crippen LogP contribution is -2.57. The monoisotopic (exact) mass is 522 g/mol. The number of likely N-dealkylation sites (N-methyl/N-ethyl adjacent to an activating group) is 2. The first-order valence-electron chi connectivity index (χ1n) is 13.1. The van der Waals surface area contributed by atoms with Gasteiger partial charge in [0.05, 0.1) is 40.5 Å². The Hall–Kier alpha value is -4.44. The number of ether oxygens (including phenoxy) is 2. The topological polar surface area (TPSA) is 93.5 Å². The number of imidazole rings is 1. The van der Waals surface area contributed by atoms with Gasteiger partial charge in [0.25, 0.3) is 0 Å². The summed E-state index contributed by atoms with van der Waals surface area (Å²) in [6, 6.07) is 12.2. The summed E-state index contributed by atoms with van der Waals surface area (Å²) >= 11 is 0. The minimum Gasteiger partial charge on any atom is -0.483 e. The quantitative estimate of drug-likeness (QED) is 0.362. The normalized spacial score (nSPS) is 19.0. The molecule has 0 radical (unpaired) electrons. The molecule has 2 aliphatic rings. The first-order valence-corrected chi connectivity index (χ1v) is 13.1. The second-order valence-corrected chi connectivity index (χ2v) is 10.5. The minimum absolute atomic E-state index is 0.100. The molecule has 1 fully saturated rings. The summed E-state index contributed by atoms with van der Waals surface area (Å²) in [6.45, 7) is 3.98. The number of pyridine rings is 1. The molecule has 0 aliphatic carbocycles. The molecule has 0 bridgehead atoms. The molecule has 10 nitrogen and oxygen atoms in total. The number of anilines is 3. The number of hydrogen-bond donors (Lipinski definition) is 1. The number of piperidine rings is 1. The zero-order valence-electron chi connectivity index (χ0n) is 22.4. The lowest BCUT2D eigenvalue weighted by Gasteiger charge is -2.45. The maximum absolute atomic E-state index is 6.61. The fourth-order valence-corrected chi connectivity index (χ4v) is 5.64. The van der Waals surface area contributed by atoms with Gasteiger partial charge in [0.15, 0.2) is 11.6 Å². The van der Waals surface area contributed by atoms with Crippen LogP contribution in [0.3, 0.4) is 0 Å². The van der Waals surface area contributed by atoms with Gasteiger partial charge in [-0.1, -0.05) is 0 Å². The molecule has 0 spiro atoms. The van der Waals surface area contributed by atoms with Crippen molar-refractivity contribution in [3.05, 3.63) is 60.8 Å². The average molecular weight is 523 g/mol. The Kier molecular flexibility index (Phi) is 5.52. The largest absolute Gasteiger partial charge is 0.483 e. The maximum atomic E-state index is 6.61. The third-order valence-electron chi connectivity index (χ3n) is 7.80. The van der Waals surface area contributed by atoms with Crippen LogP contribution in [-0.4, -0.2) is 68.7 Å². The number of aromatic nitrogens is 5. The van der Waals surface area contributed by atoms with Crippen molar-refractivity contribution in [1.82, 2.24) is 29.4 Å². The zero-order chi connectivity index (χ0) is 26.7. The molecule has 0 amide bonds. The second-order valence-electron chi connectivity index (χ2n) is 10.5. The van der Waals surface area contributed by atoms with E-state index < -0.39 is 0 Å². The van der Waals surface area contributed by atoms with Gasteiger partial charge in [-0.3, -0.25) is 0 Å². The van der Waals surface area contributed by atoms with Crippen molar-refractivity contribution < 1.29 is 9.47 Å². The van der Waals surface area contributed by atoms with E-state index in [1.54, 1.807) is 18.9 Å². The van der Waals surface area contributed by atoms with Crippen LogP contribution in [0.2, 0.25) is 0 Å². The lowest BCUT2D eigenvalue weighted by molar-refractivity contribution is 0.0805. The van der Waals surface area contributed by atoms with Crippen LogP contribution in [0.5, 0.6) is 17.2 Å². The molecule has 2 aliphatic heterocycles. The number of fused-ring (bicyclic) bond motifs is 5. The summed E-state index contributed by atoms with van der Waals surface area (Å²) in [5.74, 6) is 3.78. The molecule has 198 valence electrons. The number of rotatable bonds is 4. The van der Waals surface area contributed by atoms with Crippen LogP contribution in [-0.2, 0) is 7.05 Å². The summed E-state index contributed by atoms with van der Waals surface area (Å²) in [4.78, 5) is 22.8. The summed E-state index contributed by atoms with van der Waals surface area (Å²) in [5, 5.41) is 4.34. The molecule has 2 atom stereocenters. The minimum atomic E-state index is 0.100. The van der Waals surface area contributed by atoms with E-state index in [0.29, 0.717) is 5.82 Å². The Morgan fingerprint density at radius 3 is 2.77 bits per heavy atom. The molecular weight excluding hydrogens is 492 g/mol. The van der Waals surface area contributed by atoms with Gasteiger partial charge in [-0.25, -0.2) is 19.9 Å². The van der Waals surface area contributed by atoms with Crippen LogP contribution in [0, 0.1) is 6.92 Å². The van der Waals surface area contributed by atoms with Crippen molar-refractivity contribution in [2.45, 2.75) is 25.5 Å². The Morgan fingerprint density at radius 2 is 1.90 bits per heavy atom. The van der Waals surface area contributed by atoms with E-state index in [-0.39, 0.29) is 12.1 Å². The van der Waals surface area contributed by atoms with Crippen LogP contribution < -0.4 is 19.7 Å². The third kappa shape index (κ3) is 4.08. The van der Waals surface area contributed by atoms with Gasteiger partial charge in [0.2, 0.25) is 0 Å². The molecule has 1 N–H and O–H groups in total. The Labute approximate surface area is 226 Å². The van der Waals surface area contributed by atoms with E-state index in [2.05, 4.69) is 50.2 Å². The number of benzene rings is 2. The van der Waals surface area contributed by atoms with Crippen LogP contribution in [0.1, 0.15) is 12.0 Å². The highest BCUT2D eigenvalue weighted by Crippen LogP contribution is 2.43. The molecule has 1 saturated heterocycles. The van der Waals surface area contributed by atoms with Crippen LogP contribution in [0.25, 0.3) is 21.9 Å². The maximum Gasteiger partial charge on any atom is 0.175 e. The Balaban J connectivity index is 1.19. The molecule has 0 unspecified atom stereocenters. The zero-order valence-corrected chi connectivity index (χ0v) is 22.4. The highest BCUT2D eigenvalue weighted by atomic mass is 16.5. The van der Waals surface area contributed by atoms with Crippen LogP contribution in [0.4, 0.5) is 17.3 Å². The van der Waals surface area contributed by atoms with Gasteiger partial charge >= 0.3 is 0 Å². The predicted octanol–water partition coefficient (Wildman–Crippen LogP) is 4.66. The van der Waals surface area contributed by atoms with E-state index in [1.165, 1.54) is 0 Å². The fourth-order valence-electron chi connectivity index (χ4n) is 5.64. The van der Waals surface area contributed by atoms with E-state index in [0.717, 1.165) is 75.8 Å². The van der Waals surface area contributed by atoms with E-state index in [9.17, 15) is 0 Å². The fraction of sp³-hybridized carbons (Fsp3) is 0.310. The summed E-state index contributed by atoms with van der Waals surface area (Å²) in [6.07, 6.45) is 6.23. The summed E-state index contributed by atoms with van der Waals surface area (Å²) in [7, 11) is 6.23. The second kappa shape index (κ2) is 9.09. The number of nitrogens with one attached hydrogen (secondary N) is 1. The molecule has 2 aromatic carbocycles. The van der Waals surface area contributed by atoms with E-state index in [1.807, 2.05) is 48.9 Å². The first kappa shape index (κ1) is 23.7. The molecule has 3 aromatic heterocycles. The molecule has 39 heavy (non-hydrogen) atoms. The first-order chi connectivity index (χ1) is 18.9. The highest BCUT2D eigenvalue weighted by molar-refractivity contribution is 5.98. The number of hydrogen-bond acceptors (Lipinski definition) is 9. The van der Waals surface area contributed by atoms with Gasteiger partial charge in [0, 0.05) is 38.9 Å². The lowest BCUT2D eigenvalue weighted by atomic mass is 9.99. The van der Waals surface area contributed by atoms with Crippen molar-refractivity contribution in [2.75, 3.05) is 37.4 Å². The number of aryl methyl sites for hydroxylation is 2. The highest BCUT2D eigenvalue weighted by Gasteiger charge is 2.39. The van der Waals surface area contributed by atoms with Gasteiger partial charge in [0.1, 0.15) is 29.7 Å². The average Bonchev–Trinajstić information content (AvgIpc) is 3.30. The number of likely N-dealkylation sites (tertiary alicyclic amines) is 1. The SMILES string of the molecule is Cc1cc(Nc2ncnc3cnc4c(c23)O[C@@H]2CCN(C)C[C@H]2N4C)ccc1Oc1ccc2c(c1)ncn2C. The molecule has 10 heteroatoms. The van der Waals surface area contributed by atoms with Crippen LogP contribution in [0.15, 0.2) is 55.2 Å². The van der Waals surface area contributed by atoms with Crippen molar-refractivity contribution >= 4 is 39.3 Å². The van der Waals surface area contributed by atoms with Crippen molar-refractivity contribution in [1.29, 1.82) is 0 Å². The van der Waals surface area contributed by atoms with Crippen molar-refractivity contribution in [3.8, 4) is 17.2 Å². The molecule has 5 heterocycles. The molecule has 5 aromatic rings. The third-order valence-corrected chi connectivity index (χ3v) is 7.80. The Morgan fingerprint density at radius 1 is 1.00 bits per heavy atom. The van der Waals surface area contributed by atoms with Gasteiger partial charge in [-0.05, 0) is 56.3 Å². The smallest absolute Gasteiger partial charge is 0.175 e. The Bertz CT molecular complexity index is 1720.